The molecule has 0 radical (unpaired) electrons. The first-order chi connectivity index (χ1) is 17.9. The number of hydrogen-bond donors (Lipinski definition) is 1. The summed E-state index contributed by atoms with van der Waals surface area (Å²) < 4.78 is 18.1. The monoisotopic (exact) mass is 506 g/mol. The Morgan fingerprint density at radius 2 is 1.57 bits per heavy atom. The van der Waals surface area contributed by atoms with Crippen LogP contribution in [0.2, 0.25) is 0 Å². The van der Waals surface area contributed by atoms with Crippen molar-refractivity contribution in [3.8, 4) is 17.5 Å². The number of anilines is 1. The van der Waals surface area contributed by atoms with Gasteiger partial charge in [-0.2, -0.15) is 4.98 Å². The topological polar surface area (TPSA) is 115 Å². The van der Waals surface area contributed by atoms with Crippen molar-refractivity contribution in [3.63, 3.8) is 0 Å². The van der Waals surface area contributed by atoms with E-state index in [4.69, 9.17) is 19.2 Å². The zero-order valence-corrected chi connectivity index (χ0v) is 21.2. The molecule has 194 valence electrons. The lowest BCUT2D eigenvalue weighted by Crippen LogP contribution is -2.35. The van der Waals surface area contributed by atoms with E-state index < -0.39 is 12.2 Å². The summed E-state index contributed by atoms with van der Waals surface area (Å²) >= 11 is 0. The van der Waals surface area contributed by atoms with Gasteiger partial charge >= 0.3 is 12.1 Å². The molecule has 4 aromatic rings. The van der Waals surface area contributed by atoms with Crippen LogP contribution in [0.15, 0.2) is 60.9 Å². The number of likely N-dealkylation sites (N-methyl/N-ethyl adjacent to an activating group) is 1. The van der Waals surface area contributed by atoms with Crippen LogP contribution in [0.3, 0.4) is 0 Å². The van der Waals surface area contributed by atoms with Gasteiger partial charge in [0.25, 0.3) is 0 Å². The van der Waals surface area contributed by atoms with Gasteiger partial charge in [0.1, 0.15) is 17.6 Å². The Bertz CT molecular complexity index is 1280. The Balaban J connectivity index is 1.69. The summed E-state index contributed by atoms with van der Waals surface area (Å²) in [6.07, 6.45) is 1.87. The van der Waals surface area contributed by atoms with Gasteiger partial charge < -0.3 is 29.1 Å². The molecule has 11 nitrogen and oxygen atoms in total. The maximum atomic E-state index is 11.2. The maximum Gasteiger partial charge on any atom is 0.407 e. The number of carboxylic acid groups (broad SMARTS) is 1. The van der Waals surface area contributed by atoms with Gasteiger partial charge in [0.05, 0.1) is 20.8 Å². The van der Waals surface area contributed by atoms with Crippen LogP contribution >= 0.6 is 0 Å². The highest BCUT2D eigenvalue weighted by Crippen LogP contribution is 2.26. The number of imidazole rings is 1. The van der Waals surface area contributed by atoms with Gasteiger partial charge in [-0.1, -0.05) is 24.3 Å². The molecule has 2 aromatic carbocycles. The molecule has 2 heterocycles. The van der Waals surface area contributed by atoms with E-state index in [1.54, 1.807) is 38.1 Å². The minimum Gasteiger partial charge on any atom is -0.497 e. The van der Waals surface area contributed by atoms with Crippen molar-refractivity contribution >= 4 is 17.6 Å². The predicted molar refractivity (Wildman–Crippen MR) is 137 cm³/mol. The van der Waals surface area contributed by atoms with Gasteiger partial charge in [-0.3, -0.25) is 0 Å². The largest absolute Gasteiger partial charge is 0.497 e. The van der Waals surface area contributed by atoms with E-state index in [1.165, 1.54) is 7.05 Å². The fourth-order valence-corrected chi connectivity index (χ4v) is 3.84. The Kier molecular flexibility index (Phi) is 7.92. The van der Waals surface area contributed by atoms with Gasteiger partial charge in [-0.15, -0.1) is 5.10 Å². The van der Waals surface area contributed by atoms with Crippen LogP contribution in [0, 0.1) is 0 Å². The minimum atomic E-state index is -1.03. The number of nitrogens with zero attached hydrogens (tertiary/aromatic N) is 6. The molecular formula is C26H30N6O5. The summed E-state index contributed by atoms with van der Waals surface area (Å²) in [4.78, 5) is 23.7. The number of methoxy groups -OCH3 is 2. The Hall–Kier alpha value is -4.54. The van der Waals surface area contributed by atoms with E-state index in [0.29, 0.717) is 24.6 Å². The first kappa shape index (κ1) is 25.5. The summed E-state index contributed by atoms with van der Waals surface area (Å²) in [6.45, 7) is 3.00. The molecule has 0 fully saturated rings. The molecule has 1 unspecified atom stereocenters. The number of rotatable bonds is 11. The lowest BCUT2D eigenvalue weighted by atomic mass is 10.1. The summed E-state index contributed by atoms with van der Waals surface area (Å²) in [5.74, 6) is 2.14. The van der Waals surface area contributed by atoms with Crippen molar-refractivity contribution in [2.75, 3.05) is 32.7 Å². The van der Waals surface area contributed by atoms with E-state index >= 15 is 0 Å². The van der Waals surface area contributed by atoms with Crippen LogP contribution in [-0.4, -0.2) is 69.6 Å². The number of fused-ring (bicyclic) bond motifs is 1. The normalized spacial score (nSPS) is 11.7. The number of benzene rings is 2. The number of hydrogen-bond acceptors (Lipinski definition) is 8. The summed E-state index contributed by atoms with van der Waals surface area (Å²) in [7, 11) is 4.76. The lowest BCUT2D eigenvalue weighted by Gasteiger charge is -2.25. The van der Waals surface area contributed by atoms with Crippen molar-refractivity contribution in [1.29, 1.82) is 0 Å². The third-order valence-electron chi connectivity index (χ3n) is 5.75. The summed E-state index contributed by atoms with van der Waals surface area (Å²) in [6, 6.07) is 15.8. The van der Waals surface area contributed by atoms with Crippen molar-refractivity contribution in [1.82, 2.24) is 24.5 Å². The molecule has 1 amide bonds. The van der Waals surface area contributed by atoms with E-state index in [0.717, 1.165) is 27.5 Å². The van der Waals surface area contributed by atoms with E-state index in [-0.39, 0.29) is 12.6 Å². The average molecular weight is 507 g/mol. The van der Waals surface area contributed by atoms with Crippen molar-refractivity contribution in [3.05, 3.63) is 72.1 Å². The number of ether oxygens (including phenoxy) is 3. The Labute approximate surface area is 214 Å². The molecule has 2 aromatic heterocycles. The lowest BCUT2D eigenvalue weighted by molar-refractivity contribution is 0.121. The minimum absolute atomic E-state index is 0.126. The first-order valence-electron chi connectivity index (χ1n) is 11.7. The van der Waals surface area contributed by atoms with Gasteiger partial charge in [0.15, 0.2) is 11.5 Å². The standard InChI is InChI=1S/C26H30N6O5/c1-18(15-30(2)26(33)34)37-25-28-24(23-27-13-14-32(23)29-25)31(16-19-5-9-21(35-3)10-6-19)17-20-7-11-22(36-4)12-8-20/h5-14,18H,15-17H2,1-4H3,(H,33,34). The second-order valence-corrected chi connectivity index (χ2v) is 8.56. The fourth-order valence-electron chi connectivity index (χ4n) is 3.84. The first-order valence-corrected chi connectivity index (χ1v) is 11.7. The van der Waals surface area contributed by atoms with Crippen LogP contribution in [0.25, 0.3) is 5.65 Å². The fraction of sp³-hybridized carbons (Fsp3) is 0.308. The second-order valence-electron chi connectivity index (χ2n) is 8.56. The molecule has 1 atom stereocenters. The maximum absolute atomic E-state index is 11.2. The summed E-state index contributed by atoms with van der Waals surface area (Å²) in [5, 5.41) is 13.6. The highest BCUT2D eigenvalue weighted by molar-refractivity contribution is 5.65. The van der Waals surface area contributed by atoms with Crippen LogP contribution in [0.1, 0.15) is 18.1 Å². The zero-order chi connectivity index (χ0) is 26.4. The van der Waals surface area contributed by atoms with Crippen LogP contribution in [0.5, 0.6) is 17.5 Å². The molecule has 1 N–H and O–H groups in total. The molecule has 4 rings (SSSR count). The molecule has 0 saturated heterocycles. The third kappa shape index (κ3) is 6.37. The zero-order valence-electron chi connectivity index (χ0n) is 21.2. The highest BCUT2D eigenvalue weighted by atomic mass is 16.5. The average Bonchev–Trinajstić information content (AvgIpc) is 3.37. The van der Waals surface area contributed by atoms with Crippen LogP contribution < -0.4 is 19.1 Å². The smallest absolute Gasteiger partial charge is 0.407 e. The Morgan fingerprint density at radius 1 is 1.00 bits per heavy atom. The quantitative estimate of drug-likeness (QED) is 0.325. The number of carbonyl (C=O) groups is 1. The summed E-state index contributed by atoms with van der Waals surface area (Å²) in [5.41, 5.74) is 2.68. The predicted octanol–water partition coefficient (Wildman–Crippen LogP) is 3.73. The van der Waals surface area contributed by atoms with Crippen molar-refractivity contribution in [2.45, 2.75) is 26.1 Å². The van der Waals surface area contributed by atoms with Gasteiger partial charge in [0, 0.05) is 32.5 Å². The van der Waals surface area contributed by atoms with Crippen molar-refractivity contribution < 1.29 is 24.1 Å². The Morgan fingerprint density at radius 3 is 2.08 bits per heavy atom. The molecule has 37 heavy (non-hydrogen) atoms. The molecule has 0 aliphatic rings. The highest BCUT2D eigenvalue weighted by Gasteiger charge is 2.20. The molecular weight excluding hydrogens is 476 g/mol. The number of amides is 1. The molecule has 0 aliphatic carbocycles. The molecule has 0 aliphatic heterocycles. The van der Waals surface area contributed by atoms with Crippen LogP contribution in [0.4, 0.5) is 10.6 Å². The van der Waals surface area contributed by atoms with Crippen LogP contribution in [-0.2, 0) is 13.1 Å². The van der Waals surface area contributed by atoms with Gasteiger partial charge in [-0.05, 0) is 42.3 Å². The van der Waals surface area contributed by atoms with Gasteiger partial charge in [-0.25, -0.2) is 14.3 Å². The molecule has 11 heteroatoms. The van der Waals surface area contributed by atoms with E-state index in [9.17, 15) is 9.90 Å². The molecule has 0 spiro atoms. The van der Waals surface area contributed by atoms with Gasteiger partial charge in [0.2, 0.25) is 0 Å². The SMILES string of the molecule is COc1ccc(CN(Cc2ccc(OC)cc2)c2nc(OC(C)CN(C)C(=O)O)nn3ccnc23)cc1. The van der Waals surface area contributed by atoms with E-state index in [1.807, 2.05) is 48.5 Å². The number of aromatic nitrogens is 4. The third-order valence-corrected chi connectivity index (χ3v) is 5.75. The molecule has 0 saturated carbocycles. The second kappa shape index (κ2) is 11.5. The molecule has 0 bridgehead atoms. The van der Waals surface area contributed by atoms with E-state index in [2.05, 4.69) is 15.0 Å². The van der Waals surface area contributed by atoms with Crippen molar-refractivity contribution in [2.24, 2.45) is 0 Å².